The van der Waals surface area contributed by atoms with Crippen molar-refractivity contribution in [2.45, 2.75) is 31.2 Å². The van der Waals surface area contributed by atoms with Crippen LogP contribution in [0.1, 0.15) is 50.2 Å². The molecule has 1 aromatic carbocycles. The van der Waals surface area contributed by atoms with Crippen molar-refractivity contribution in [1.82, 2.24) is 24.8 Å². The molecule has 5 heterocycles. The van der Waals surface area contributed by atoms with Gasteiger partial charge in [0, 0.05) is 47.3 Å². The van der Waals surface area contributed by atoms with Gasteiger partial charge < -0.3 is 10.2 Å². The number of amides is 2. The first kappa shape index (κ1) is 26.1. The van der Waals surface area contributed by atoms with Crippen molar-refractivity contribution in [3.8, 4) is 21.7 Å². The van der Waals surface area contributed by atoms with Gasteiger partial charge in [0.25, 0.3) is 11.8 Å². The smallest absolute Gasteiger partial charge is 0.276 e. The Balaban J connectivity index is 1.14. The third-order valence-electron chi connectivity index (χ3n) is 7.87. The maximum absolute atomic E-state index is 13.9. The molecule has 2 amide bonds. The molecule has 1 saturated carbocycles. The Morgan fingerprint density at radius 2 is 1.88 bits per heavy atom. The zero-order valence-corrected chi connectivity index (χ0v) is 24.0. The van der Waals surface area contributed by atoms with Crippen molar-refractivity contribution < 1.29 is 18.0 Å². The molecule has 10 nitrogen and oxygen atoms in total. The number of H-pyrrole nitrogens is 1. The van der Waals surface area contributed by atoms with E-state index in [1.165, 1.54) is 21.9 Å². The normalized spacial score (nSPS) is 17.3. The van der Waals surface area contributed by atoms with Gasteiger partial charge in [-0.1, -0.05) is 24.3 Å². The van der Waals surface area contributed by atoms with Gasteiger partial charge in [-0.3, -0.25) is 14.7 Å². The quantitative estimate of drug-likeness (QED) is 0.354. The van der Waals surface area contributed by atoms with Crippen molar-refractivity contribution >= 4 is 38.9 Å². The molecular weight excluding hydrogens is 560 g/mol. The number of fused-ring (bicyclic) bond motifs is 3. The fourth-order valence-electron chi connectivity index (χ4n) is 5.50. The lowest BCUT2D eigenvalue weighted by molar-refractivity contribution is 0.0899. The van der Waals surface area contributed by atoms with Crippen LogP contribution in [0.25, 0.3) is 21.7 Å². The lowest BCUT2D eigenvalue weighted by Crippen LogP contribution is -2.60. The van der Waals surface area contributed by atoms with Crippen LogP contribution in [0, 0.1) is 0 Å². The summed E-state index contributed by atoms with van der Waals surface area (Å²) in [7, 11) is -3.24. The van der Waals surface area contributed by atoms with E-state index >= 15 is 0 Å². The van der Waals surface area contributed by atoms with Gasteiger partial charge in [0.2, 0.25) is 10.0 Å². The molecule has 3 aromatic heterocycles. The van der Waals surface area contributed by atoms with Crippen molar-refractivity contribution in [1.29, 1.82) is 0 Å². The summed E-state index contributed by atoms with van der Waals surface area (Å²) in [5, 5.41) is 10.3. The number of carbonyl (C=O) groups is 2. The van der Waals surface area contributed by atoms with Crippen molar-refractivity contribution in [2.75, 3.05) is 30.8 Å². The number of benzene rings is 1. The lowest BCUT2D eigenvalue weighted by Gasteiger charge is -2.37. The highest BCUT2D eigenvalue weighted by Gasteiger charge is 2.35. The minimum absolute atomic E-state index is 0.177. The van der Waals surface area contributed by atoms with E-state index in [0.29, 0.717) is 29.5 Å². The first-order valence-corrected chi connectivity index (χ1v) is 16.2. The molecule has 41 heavy (non-hydrogen) atoms. The molecule has 3 aliphatic rings. The Bertz CT molecular complexity index is 1790. The highest BCUT2D eigenvalue weighted by molar-refractivity contribution is 7.88. The molecule has 7 rings (SSSR count). The molecule has 1 saturated heterocycles. The third kappa shape index (κ3) is 4.85. The second-order valence-electron chi connectivity index (χ2n) is 10.8. The first-order chi connectivity index (χ1) is 19.8. The zero-order chi connectivity index (χ0) is 28.3. The molecule has 210 valence electrons. The number of nitrogens with zero attached hydrogens (tertiary/aromatic N) is 4. The Morgan fingerprint density at radius 3 is 2.66 bits per heavy atom. The van der Waals surface area contributed by atoms with Crippen LogP contribution in [0.2, 0.25) is 0 Å². The van der Waals surface area contributed by atoms with E-state index in [4.69, 9.17) is 4.98 Å². The summed E-state index contributed by atoms with van der Waals surface area (Å²) in [6, 6.07) is 15.0. The average Bonchev–Trinajstić information content (AvgIpc) is 3.54. The molecule has 2 aliphatic heterocycles. The van der Waals surface area contributed by atoms with E-state index in [0.717, 1.165) is 51.5 Å². The van der Waals surface area contributed by atoms with E-state index in [9.17, 15) is 18.0 Å². The maximum Gasteiger partial charge on any atom is 0.276 e. The Hall–Kier alpha value is -3.87. The van der Waals surface area contributed by atoms with Gasteiger partial charge in [-0.25, -0.2) is 13.4 Å². The summed E-state index contributed by atoms with van der Waals surface area (Å²) in [6.45, 7) is 1.01. The van der Waals surface area contributed by atoms with Gasteiger partial charge in [-0.15, -0.1) is 11.3 Å². The standard InChI is InChI=1S/C29H28N6O4S2/c1-41(38,39)34-15-19(16-34)31-28(36)25-13-18-11-12-35(24-8-3-2-5-20(24)27(18)40-25)29(37)23-7-4-6-22(32-23)21-14-30-33-26(21)17-9-10-17/h2-8,13-14,17,19H,9-12,15-16H2,1H3,(H,30,33)(H,31,36). The molecule has 0 spiro atoms. The van der Waals surface area contributed by atoms with Crippen LogP contribution in [0.5, 0.6) is 0 Å². The van der Waals surface area contributed by atoms with E-state index in [1.807, 2.05) is 42.5 Å². The molecule has 12 heteroatoms. The van der Waals surface area contributed by atoms with Gasteiger partial charge in [0.15, 0.2) is 0 Å². The number of rotatable bonds is 6. The summed E-state index contributed by atoms with van der Waals surface area (Å²) < 4.78 is 24.6. The average molecular weight is 589 g/mol. The molecule has 2 N–H and O–H groups in total. The van der Waals surface area contributed by atoms with Crippen LogP contribution in [-0.2, 0) is 16.4 Å². The zero-order valence-electron chi connectivity index (χ0n) is 22.3. The molecule has 0 bridgehead atoms. The topological polar surface area (TPSA) is 128 Å². The molecular formula is C29H28N6O4S2. The second kappa shape index (κ2) is 9.89. The highest BCUT2D eigenvalue weighted by Crippen LogP contribution is 2.43. The monoisotopic (exact) mass is 588 g/mol. The SMILES string of the molecule is CS(=O)(=O)N1CC(NC(=O)c2cc3c(s2)-c2ccccc2N(C(=O)c2cccc(-c4cn[nH]c4C4CC4)n2)CC3)C1. The Labute approximate surface area is 241 Å². The molecule has 4 aromatic rings. The minimum Gasteiger partial charge on any atom is -0.346 e. The van der Waals surface area contributed by atoms with Gasteiger partial charge in [0.1, 0.15) is 5.69 Å². The maximum atomic E-state index is 13.9. The van der Waals surface area contributed by atoms with Crippen LogP contribution in [0.3, 0.4) is 0 Å². The van der Waals surface area contributed by atoms with Gasteiger partial charge in [-0.05, 0) is 49.1 Å². The van der Waals surface area contributed by atoms with E-state index in [2.05, 4.69) is 15.5 Å². The lowest BCUT2D eigenvalue weighted by atomic mass is 10.1. The first-order valence-electron chi connectivity index (χ1n) is 13.6. The van der Waals surface area contributed by atoms with Gasteiger partial charge in [-0.2, -0.15) is 9.40 Å². The number of aromatic nitrogens is 3. The molecule has 0 radical (unpaired) electrons. The van der Waals surface area contributed by atoms with E-state index in [-0.39, 0.29) is 30.9 Å². The van der Waals surface area contributed by atoms with Crippen LogP contribution in [0.4, 0.5) is 5.69 Å². The van der Waals surface area contributed by atoms with Gasteiger partial charge >= 0.3 is 0 Å². The number of aromatic amines is 1. The van der Waals surface area contributed by atoms with Crippen molar-refractivity contribution in [3.05, 3.63) is 76.6 Å². The summed E-state index contributed by atoms with van der Waals surface area (Å²) >= 11 is 1.39. The molecule has 0 atom stereocenters. The minimum atomic E-state index is -3.24. The fourth-order valence-corrected chi connectivity index (χ4v) is 7.55. The van der Waals surface area contributed by atoms with Crippen LogP contribution < -0.4 is 10.2 Å². The highest BCUT2D eigenvalue weighted by atomic mass is 32.2. The fraction of sp³-hybridized carbons (Fsp3) is 0.310. The predicted molar refractivity (Wildman–Crippen MR) is 157 cm³/mol. The molecule has 2 fully saturated rings. The van der Waals surface area contributed by atoms with E-state index < -0.39 is 10.0 Å². The number of anilines is 1. The number of para-hydroxylation sites is 1. The number of carbonyl (C=O) groups excluding carboxylic acids is 2. The number of nitrogens with one attached hydrogen (secondary N) is 2. The summed E-state index contributed by atoms with van der Waals surface area (Å²) in [5.74, 6) is 0.0924. The summed E-state index contributed by atoms with van der Waals surface area (Å²) in [5.41, 5.74) is 5.80. The Morgan fingerprint density at radius 1 is 1.07 bits per heavy atom. The third-order valence-corrected chi connectivity index (χ3v) is 10.3. The number of pyridine rings is 1. The Kier molecular flexibility index (Phi) is 6.29. The van der Waals surface area contributed by atoms with E-state index in [1.54, 1.807) is 17.2 Å². The van der Waals surface area contributed by atoms with Crippen molar-refractivity contribution in [2.24, 2.45) is 0 Å². The number of thiophene rings is 1. The van der Waals surface area contributed by atoms with Crippen LogP contribution in [-0.4, -0.2) is 71.7 Å². The number of hydrogen-bond donors (Lipinski definition) is 2. The summed E-state index contributed by atoms with van der Waals surface area (Å²) in [4.78, 5) is 35.0. The largest absolute Gasteiger partial charge is 0.346 e. The van der Waals surface area contributed by atoms with Crippen molar-refractivity contribution in [3.63, 3.8) is 0 Å². The summed E-state index contributed by atoms with van der Waals surface area (Å²) in [6.07, 6.45) is 5.80. The van der Waals surface area contributed by atoms with Crippen LogP contribution >= 0.6 is 11.3 Å². The second-order valence-corrected chi connectivity index (χ2v) is 13.9. The van der Waals surface area contributed by atoms with Gasteiger partial charge in [0.05, 0.1) is 34.8 Å². The molecule has 0 unspecified atom stereocenters. The number of hydrogen-bond acceptors (Lipinski definition) is 7. The predicted octanol–water partition coefficient (Wildman–Crippen LogP) is 3.65. The van der Waals surface area contributed by atoms with Crippen LogP contribution in [0.15, 0.2) is 54.7 Å². The molecule has 1 aliphatic carbocycles. The number of sulfonamides is 1.